The largest absolute Gasteiger partial charge is 0.486 e. The molecule has 0 aliphatic carbocycles. The van der Waals surface area contributed by atoms with Gasteiger partial charge < -0.3 is 10.5 Å². The zero-order valence-electron chi connectivity index (χ0n) is 9.04. The first-order chi connectivity index (χ1) is 8.29. The molecule has 1 heterocycles. The van der Waals surface area contributed by atoms with Crippen molar-refractivity contribution in [3.63, 3.8) is 0 Å². The summed E-state index contributed by atoms with van der Waals surface area (Å²) in [7, 11) is 0. The number of nitroso groups, excluding NO2 is 1. The van der Waals surface area contributed by atoms with E-state index in [2.05, 4.69) is 10.2 Å². The maximum Gasteiger partial charge on any atom is 0.168 e. The Labute approximate surface area is 98.2 Å². The van der Waals surface area contributed by atoms with E-state index in [1.165, 1.54) is 12.3 Å². The second-order valence-corrected chi connectivity index (χ2v) is 3.44. The highest BCUT2D eigenvalue weighted by atomic mass is 16.5. The molecule has 0 bridgehead atoms. The molecule has 1 aromatic carbocycles. The summed E-state index contributed by atoms with van der Waals surface area (Å²) in [4.78, 5) is 14.3. The third-order valence-corrected chi connectivity index (χ3v) is 2.20. The minimum Gasteiger partial charge on any atom is -0.486 e. The van der Waals surface area contributed by atoms with E-state index in [-0.39, 0.29) is 5.69 Å². The molecule has 0 unspecified atom stereocenters. The maximum absolute atomic E-state index is 10.5. The molecule has 2 rings (SSSR count). The summed E-state index contributed by atoms with van der Waals surface area (Å²) >= 11 is 0. The minimum atomic E-state index is 0.148. The summed E-state index contributed by atoms with van der Waals surface area (Å²) in [5, 5.41) is 2.83. The molecular formula is C12H11N3O2. The summed E-state index contributed by atoms with van der Waals surface area (Å²) in [5.41, 5.74) is 6.66. The Morgan fingerprint density at radius 1 is 1.29 bits per heavy atom. The van der Waals surface area contributed by atoms with Crippen molar-refractivity contribution >= 4 is 11.5 Å². The number of benzene rings is 1. The van der Waals surface area contributed by atoms with Crippen LogP contribution in [0.15, 0.2) is 47.8 Å². The first kappa shape index (κ1) is 11.1. The molecule has 0 fully saturated rings. The SMILES string of the molecule is Nc1cc(OCc2ccccc2)c(N=O)cn1. The molecule has 2 aromatic rings. The number of rotatable bonds is 4. The third-order valence-electron chi connectivity index (χ3n) is 2.20. The van der Waals surface area contributed by atoms with Crippen LogP contribution in [0.4, 0.5) is 11.5 Å². The van der Waals surface area contributed by atoms with Crippen molar-refractivity contribution in [1.82, 2.24) is 4.98 Å². The fourth-order valence-corrected chi connectivity index (χ4v) is 1.36. The van der Waals surface area contributed by atoms with E-state index in [1.54, 1.807) is 0 Å². The molecule has 0 aliphatic rings. The van der Waals surface area contributed by atoms with Gasteiger partial charge in [0.1, 0.15) is 12.4 Å². The third kappa shape index (κ3) is 2.78. The highest BCUT2D eigenvalue weighted by Gasteiger charge is 2.06. The number of nitrogens with two attached hydrogens (primary N) is 1. The zero-order valence-corrected chi connectivity index (χ0v) is 9.04. The normalized spacial score (nSPS) is 9.88. The van der Waals surface area contributed by atoms with Gasteiger partial charge in [-0.3, -0.25) is 0 Å². The number of hydrogen-bond acceptors (Lipinski definition) is 5. The molecule has 86 valence electrons. The summed E-state index contributed by atoms with van der Waals surface area (Å²) < 4.78 is 5.48. The molecule has 0 aliphatic heterocycles. The predicted octanol–water partition coefficient (Wildman–Crippen LogP) is 2.64. The predicted molar refractivity (Wildman–Crippen MR) is 64.9 cm³/mol. The van der Waals surface area contributed by atoms with Gasteiger partial charge in [0.25, 0.3) is 0 Å². The summed E-state index contributed by atoms with van der Waals surface area (Å²) in [6.07, 6.45) is 1.29. The van der Waals surface area contributed by atoms with E-state index in [0.717, 1.165) is 5.56 Å². The van der Waals surface area contributed by atoms with Crippen molar-refractivity contribution in [2.24, 2.45) is 5.18 Å². The van der Waals surface area contributed by atoms with Crippen LogP contribution in [0.5, 0.6) is 5.75 Å². The summed E-state index contributed by atoms with van der Waals surface area (Å²) in [6.45, 7) is 0.354. The van der Waals surface area contributed by atoms with Gasteiger partial charge in [0.2, 0.25) is 0 Å². The van der Waals surface area contributed by atoms with Gasteiger partial charge in [-0.15, -0.1) is 4.91 Å². The molecule has 0 amide bonds. The first-order valence-electron chi connectivity index (χ1n) is 5.05. The fourth-order valence-electron chi connectivity index (χ4n) is 1.36. The van der Waals surface area contributed by atoms with E-state index in [0.29, 0.717) is 18.2 Å². The van der Waals surface area contributed by atoms with Crippen LogP contribution in [0, 0.1) is 4.91 Å². The van der Waals surface area contributed by atoms with Crippen molar-refractivity contribution in [1.29, 1.82) is 0 Å². The van der Waals surface area contributed by atoms with Crippen molar-refractivity contribution in [2.45, 2.75) is 6.61 Å². The Bertz CT molecular complexity index is 514. The Morgan fingerprint density at radius 3 is 2.76 bits per heavy atom. The summed E-state index contributed by atoms with van der Waals surface area (Å²) in [6, 6.07) is 11.1. The minimum absolute atomic E-state index is 0.148. The van der Waals surface area contributed by atoms with Crippen LogP contribution in [0.25, 0.3) is 0 Å². The van der Waals surface area contributed by atoms with Crippen molar-refractivity contribution < 1.29 is 4.74 Å². The van der Waals surface area contributed by atoms with Gasteiger partial charge in [0.05, 0.1) is 6.20 Å². The fraction of sp³-hybridized carbons (Fsp3) is 0.0833. The lowest BCUT2D eigenvalue weighted by Gasteiger charge is -2.07. The molecule has 0 spiro atoms. The quantitative estimate of drug-likeness (QED) is 0.817. The van der Waals surface area contributed by atoms with E-state index in [4.69, 9.17) is 10.5 Å². The van der Waals surface area contributed by atoms with Gasteiger partial charge in [-0.2, -0.15) is 0 Å². The number of nitrogen functional groups attached to an aromatic ring is 1. The highest BCUT2D eigenvalue weighted by Crippen LogP contribution is 2.28. The molecule has 5 heteroatoms. The van der Waals surface area contributed by atoms with Crippen molar-refractivity contribution in [2.75, 3.05) is 5.73 Å². The number of anilines is 1. The average molecular weight is 229 g/mol. The second kappa shape index (κ2) is 5.07. The Hall–Kier alpha value is -2.43. The number of nitrogens with zero attached hydrogens (tertiary/aromatic N) is 2. The molecule has 5 nitrogen and oxygen atoms in total. The number of pyridine rings is 1. The number of aromatic nitrogens is 1. The van der Waals surface area contributed by atoms with Crippen LogP contribution in [-0.2, 0) is 6.61 Å². The number of hydrogen-bond donors (Lipinski definition) is 1. The summed E-state index contributed by atoms with van der Waals surface area (Å²) in [5.74, 6) is 0.636. The van der Waals surface area contributed by atoms with Gasteiger partial charge >= 0.3 is 0 Å². The maximum atomic E-state index is 10.5. The van der Waals surface area contributed by atoms with Crippen LogP contribution in [-0.4, -0.2) is 4.98 Å². The van der Waals surface area contributed by atoms with Gasteiger partial charge in [0, 0.05) is 6.07 Å². The molecule has 0 saturated carbocycles. The molecule has 0 radical (unpaired) electrons. The van der Waals surface area contributed by atoms with Crippen LogP contribution in [0.2, 0.25) is 0 Å². The van der Waals surface area contributed by atoms with Gasteiger partial charge in [-0.05, 0) is 10.7 Å². The lowest BCUT2D eigenvalue weighted by Crippen LogP contribution is -1.97. The van der Waals surface area contributed by atoms with Crippen LogP contribution >= 0.6 is 0 Å². The van der Waals surface area contributed by atoms with Gasteiger partial charge in [-0.25, -0.2) is 4.98 Å². The van der Waals surface area contributed by atoms with E-state index in [1.807, 2.05) is 30.3 Å². The zero-order chi connectivity index (χ0) is 12.1. The average Bonchev–Trinajstić information content (AvgIpc) is 2.38. The van der Waals surface area contributed by atoms with Crippen molar-refractivity contribution in [3.8, 4) is 5.75 Å². The van der Waals surface area contributed by atoms with Crippen molar-refractivity contribution in [3.05, 3.63) is 53.1 Å². The van der Waals surface area contributed by atoms with Crippen LogP contribution < -0.4 is 10.5 Å². The smallest absolute Gasteiger partial charge is 0.168 e. The van der Waals surface area contributed by atoms with Gasteiger partial charge in [0.15, 0.2) is 11.4 Å². The molecule has 1 aromatic heterocycles. The van der Waals surface area contributed by atoms with E-state index >= 15 is 0 Å². The molecule has 2 N–H and O–H groups in total. The Morgan fingerprint density at radius 2 is 2.06 bits per heavy atom. The number of ether oxygens (including phenoxy) is 1. The molecule has 0 saturated heterocycles. The Kier molecular flexibility index (Phi) is 3.30. The van der Waals surface area contributed by atoms with Crippen LogP contribution in [0.1, 0.15) is 5.56 Å². The monoisotopic (exact) mass is 229 g/mol. The Balaban J connectivity index is 2.13. The molecule has 17 heavy (non-hydrogen) atoms. The lowest BCUT2D eigenvalue weighted by molar-refractivity contribution is 0.307. The van der Waals surface area contributed by atoms with Crippen LogP contribution in [0.3, 0.4) is 0 Å². The lowest BCUT2D eigenvalue weighted by atomic mass is 10.2. The van der Waals surface area contributed by atoms with E-state index < -0.39 is 0 Å². The highest BCUT2D eigenvalue weighted by molar-refractivity contribution is 5.54. The molecule has 0 atom stereocenters. The standard InChI is InChI=1S/C12H11N3O2/c13-12-6-11(10(15-16)7-14-12)17-8-9-4-2-1-3-5-9/h1-7H,8H2,(H2,13,14). The topological polar surface area (TPSA) is 77.6 Å². The molecular weight excluding hydrogens is 218 g/mol. The first-order valence-corrected chi connectivity index (χ1v) is 5.05. The second-order valence-electron chi connectivity index (χ2n) is 3.44. The van der Waals surface area contributed by atoms with Gasteiger partial charge in [-0.1, -0.05) is 30.3 Å². The van der Waals surface area contributed by atoms with E-state index in [9.17, 15) is 4.91 Å².